The Kier molecular flexibility index (Phi) is 6.95. The van der Waals surface area contributed by atoms with Crippen LogP contribution in [0.4, 0.5) is 0 Å². The van der Waals surface area contributed by atoms with Crippen molar-refractivity contribution >= 4 is 97.5 Å². The van der Waals surface area contributed by atoms with Crippen LogP contribution in [0.3, 0.4) is 0 Å². The van der Waals surface area contributed by atoms with Gasteiger partial charge < -0.3 is 0 Å². The molecule has 0 fully saturated rings. The molecule has 0 unspecified atom stereocenters. The lowest BCUT2D eigenvalue weighted by atomic mass is 10.7. The second kappa shape index (κ2) is 7.26. The molecular weight excluding hydrogens is 490 g/mol. The van der Waals surface area contributed by atoms with Crippen LogP contribution in [0.5, 0.6) is 0 Å². The first kappa shape index (κ1) is 17.2. The lowest BCUT2D eigenvalue weighted by Gasteiger charge is -1.87. The van der Waals surface area contributed by atoms with Gasteiger partial charge in [-0.25, -0.2) is 8.42 Å². The minimum atomic E-state index is -3.65. The molecule has 0 aromatic carbocycles. The Morgan fingerprint density at radius 2 is 1.72 bits per heavy atom. The quantitative estimate of drug-likeness (QED) is 0.440. The van der Waals surface area contributed by atoms with Gasteiger partial charge in [-0.3, -0.25) is 0 Å². The van der Waals surface area contributed by atoms with E-state index in [4.69, 9.17) is 33.9 Å². The molecule has 2 nitrogen and oxygen atoms in total. The van der Waals surface area contributed by atoms with Crippen molar-refractivity contribution in [2.45, 2.75) is 4.21 Å². The maximum absolute atomic E-state index is 10.8. The summed E-state index contributed by atoms with van der Waals surface area (Å²) in [7, 11) is 1.42. The van der Waals surface area contributed by atoms with Gasteiger partial charge in [-0.15, -0.1) is 22.7 Å². The highest BCUT2D eigenvalue weighted by molar-refractivity contribution is 9.10. The highest BCUT2D eigenvalue weighted by atomic mass is 79.9. The van der Waals surface area contributed by atoms with Crippen molar-refractivity contribution in [1.29, 1.82) is 0 Å². The maximum Gasteiger partial charge on any atom is 0.271 e. The average molecular weight is 493 g/mol. The van der Waals surface area contributed by atoms with E-state index in [0.29, 0.717) is 8.81 Å². The van der Waals surface area contributed by atoms with E-state index in [1.807, 2.05) is 11.4 Å². The number of thiophene rings is 2. The zero-order valence-corrected chi connectivity index (χ0v) is 16.1. The number of hydrogen-bond donors (Lipinski definition) is 0. The predicted octanol–water partition coefficient (Wildman–Crippen LogP) is 6.26. The average Bonchev–Trinajstić information content (AvgIpc) is 2.72. The van der Waals surface area contributed by atoms with Crippen molar-refractivity contribution in [3.63, 3.8) is 0 Å². The Balaban J connectivity index is 0.000000199. The number of halogens is 5. The van der Waals surface area contributed by atoms with Crippen LogP contribution in [0.2, 0.25) is 8.67 Å². The monoisotopic (exact) mass is 490 g/mol. The van der Waals surface area contributed by atoms with Gasteiger partial charge in [-0.05, 0) is 44.0 Å². The molecule has 0 saturated carbocycles. The summed E-state index contributed by atoms with van der Waals surface area (Å²) in [4.78, 5) is 0. The predicted molar refractivity (Wildman–Crippen MR) is 87.1 cm³/mol. The Morgan fingerprint density at radius 1 is 1.11 bits per heavy atom. The second-order valence-electron chi connectivity index (χ2n) is 2.69. The van der Waals surface area contributed by atoms with Gasteiger partial charge in [0, 0.05) is 25.0 Å². The first-order chi connectivity index (χ1) is 8.20. The summed E-state index contributed by atoms with van der Waals surface area (Å²) >= 11 is 19.8. The van der Waals surface area contributed by atoms with Gasteiger partial charge in [0.2, 0.25) is 0 Å². The fraction of sp³-hybridized carbons (Fsp3) is 0. The van der Waals surface area contributed by atoms with Crippen molar-refractivity contribution < 1.29 is 8.42 Å². The lowest BCUT2D eigenvalue weighted by Crippen LogP contribution is -1.85. The summed E-state index contributed by atoms with van der Waals surface area (Å²) in [5, 5.41) is 1.95. The topological polar surface area (TPSA) is 34.1 Å². The molecule has 0 saturated heterocycles. The second-order valence-corrected chi connectivity index (χ2v) is 10.5. The van der Waals surface area contributed by atoms with Crippen molar-refractivity contribution in [2.24, 2.45) is 0 Å². The summed E-state index contributed by atoms with van der Waals surface area (Å²) in [6.45, 7) is 0. The fourth-order valence-corrected chi connectivity index (χ4v) is 6.47. The van der Waals surface area contributed by atoms with Gasteiger partial charge in [-0.2, -0.15) is 0 Å². The molecule has 0 atom stereocenters. The normalized spacial score (nSPS) is 10.9. The van der Waals surface area contributed by atoms with E-state index in [1.54, 1.807) is 0 Å². The van der Waals surface area contributed by atoms with E-state index in [-0.39, 0.29) is 4.21 Å². The Labute approximate surface area is 144 Å². The van der Waals surface area contributed by atoms with Crippen LogP contribution in [-0.2, 0) is 9.05 Å². The highest BCUT2D eigenvalue weighted by Gasteiger charge is 2.17. The van der Waals surface area contributed by atoms with Gasteiger partial charge in [-0.1, -0.05) is 23.2 Å². The number of rotatable bonds is 1. The third kappa shape index (κ3) is 5.66. The molecule has 0 amide bonds. The smallest absolute Gasteiger partial charge is 0.206 e. The van der Waals surface area contributed by atoms with Crippen molar-refractivity contribution in [3.05, 3.63) is 35.1 Å². The van der Waals surface area contributed by atoms with Crippen LogP contribution in [-0.4, -0.2) is 8.42 Å². The van der Waals surface area contributed by atoms with E-state index in [9.17, 15) is 8.42 Å². The molecule has 2 aromatic rings. The third-order valence-electron chi connectivity index (χ3n) is 1.38. The Morgan fingerprint density at radius 3 is 1.89 bits per heavy atom. The molecule has 0 bridgehead atoms. The molecule has 100 valence electrons. The molecule has 10 heteroatoms. The molecule has 2 rings (SSSR count). The molecule has 2 aromatic heterocycles. The molecule has 0 aliphatic rings. The van der Waals surface area contributed by atoms with Crippen LogP contribution in [0.1, 0.15) is 0 Å². The lowest BCUT2D eigenvalue weighted by molar-refractivity contribution is 0.611. The zero-order valence-electron chi connectivity index (χ0n) is 8.16. The van der Waals surface area contributed by atoms with Crippen molar-refractivity contribution in [2.75, 3.05) is 0 Å². The SMILES string of the molecule is Clc1cc(Br)cs1.O=S(=O)(Cl)c1sc(Cl)cc1Br. The van der Waals surface area contributed by atoms with Crippen molar-refractivity contribution in [3.8, 4) is 0 Å². The van der Waals surface area contributed by atoms with Crippen LogP contribution in [0, 0.1) is 0 Å². The van der Waals surface area contributed by atoms with Gasteiger partial charge in [0.05, 0.1) is 8.67 Å². The molecule has 0 aliphatic carbocycles. The Bertz CT molecular complexity index is 619. The first-order valence-electron chi connectivity index (χ1n) is 3.99. The number of hydrogen-bond acceptors (Lipinski definition) is 4. The van der Waals surface area contributed by atoms with Crippen LogP contribution in [0.25, 0.3) is 0 Å². The van der Waals surface area contributed by atoms with Gasteiger partial charge in [0.25, 0.3) is 9.05 Å². The van der Waals surface area contributed by atoms with E-state index in [1.165, 1.54) is 17.4 Å². The largest absolute Gasteiger partial charge is 0.271 e. The molecule has 0 aliphatic heterocycles. The maximum atomic E-state index is 10.8. The zero-order chi connectivity index (χ0) is 13.9. The minimum Gasteiger partial charge on any atom is -0.206 e. The van der Waals surface area contributed by atoms with E-state index in [0.717, 1.165) is 20.1 Å². The summed E-state index contributed by atoms with van der Waals surface area (Å²) < 4.78 is 24.2. The first-order valence-corrected chi connectivity index (χ1v) is 10.3. The molecule has 0 spiro atoms. The minimum absolute atomic E-state index is 0.0455. The van der Waals surface area contributed by atoms with E-state index >= 15 is 0 Å². The Hall–Kier alpha value is 1.18. The summed E-state index contributed by atoms with van der Waals surface area (Å²) in [5.74, 6) is 0. The van der Waals surface area contributed by atoms with Crippen LogP contribution >= 0.6 is 88.4 Å². The van der Waals surface area contributed by atoms with E-state index < -0.39 is 9.05 Å². The standard InChI is InChI=1S/C4HBrCl2O2S2.C4H2BrClS/c5-2-1-3(6)10-4(2)11(7,8)9;5-3-1-4(6)7-2-3/h1H;1-2H. The summed E-state index contributed by atoms with van der Waals surface area (Å²) in [5.41, 5.74) is 0. The molecular formula is C8H3Br2Cl3O2S3. The van der Waals surface area contributed by atoms with Gasteiger partial charge in [0.15, 0.2) is 4.21 Å². The molecule has 2 heterocycles. The third-order valence-corrected chi connectivity index (χ3v) is 7.75. The van der Waals surface area contributed by atoms with Gasteiger partial charge >= 0.3 is 0 Å². The van der Waals surface area contributed by atoms with Crippen molar-refractivity contribution in [1.82, 2.24) is 0 Å². The van der Waals surface area contributed by atoms with Gasteiger partial charge in [0.1, 0.15) is 0 Å². The van der Waals surface area contributed by atoms with Crippen LogP contribution in [0.15, 0.2) is 30.7 Å². The highest BCUT2D eigenvalue weighted by Crippen LogP contribution is 2.36. The fourth-order valence-electron chi connectivity index (χ4n) is 0.781. The molecule has 0 radical (unpaired) electrons. The van der Waals surface area contributed by atoms with Crippen LogP contribution < -0.4 is 0 Å². The molecule has 0 N–H and O–H groups in total. The summed E-state index contributed by atoms with van der Waals surface area (Å²) in [6.07, 6.45) is 0. The van der Waals surface area contributed by atoms with E-state index in [2.05, 4.69) is 31.9 Å². The summed E-state index contributed by atoms with van der Waals surface area (Å²) in [6, 6.07) is 3.35. The molecule has 18 heavy (non-hydrogen) atoms.